The fourth-order valence-corrected chi connectivity index (χ4v) is 4.10. The third kappa shape index (κ3) is 8.77. The second-order valence-electron chi connectivity index (χ2n) is 9.24. The number of nitrogens with two attached hydrogens (primary N) is 1. The summed E-state index contributed by atoms with van der Waals surface area (Å²) in [5.74, 6) is -0.254. The first-order valence-corrected chi connectivity index (χ1v) is 13.4. The average Bonchev–Trinajstić information content (AvgIpc) is 3.19. The number of nitrogens with zero attached hydrogens (tertiary/aromatic N) is 2. The van der Waals surface area contributed by atoms with Gasteiger partial charge >= 0.3 is 0 Å². The molecule has 0 saturated heterocycles. The lowest BCUT2D eigenvalue weighted by Gasteiger charge is -2.19. The van der Waals surface area contributed by atoms with Crippen LogP contribution in [0.2, 0.25) is 5.02 Å². The molecule has 0 fully saturated rings. The molecule has 8 heteroatoms. The highest BCUT2D eigenvalue weighted by Crippen LogP contribution is 2.31. The molecule has 38 heavy (non-hydrogen) atoms. The molecule has 0 aliphatic heterocycles. The summed E-state index contributed by atoms with van der Waals surface area (Å²) in [5.41, 5.74) is 10.5. The second kappa shape index (κ2) is 15.0. The fourth-order valence-electron chi connectivity index (χ4n) is 3.75. The minimum Gasteiger partial charge on any atom is -0.397 e. The zero-order chi connectivity index (χ0) is 28.2. The number of hydrogen-bond acceptors (Lipinski definition) is 4. The van der Waals surface area contributed by atoms with Crippen molar-refractivity contribution >= 4 is 45.7 Å². The Kier molecular flexibility index (Phi) is 12.1. The molecular formula is C30H40ClN5O2. The molecule has 2 heterocycles. The van der Waals surface area contributed by atoms with Gasteiger partial charge in [0.1, 0.15) is 5.65 Å². The zero-order valence-electron chi connectivity index (χ0n) is 23.3. The first kappa shape index (κ1) is 30.6. The number of aromatic amines is 1. The van der Waals surface area contributed by atoms with Gasteiger partial charge in [-0.15, -0.1) is 0 Å². The van der Waals surface area contributed by atoms with Crippen molar-refractivity contribution < 1.29 is 9.59 Å². The number of nitrogen functional groups attached to an aromatic ring is 1. The summed E-state index contributed by atoms with van der Waals surface area (Å²) < 4.78 is 0. The van der Waals surface area contributed by atoms with Crippen molar-refractivity contribution in [1.29, 1.82) is 0 Å². The van der Waals surface area contributed by atoms with Gasteiger partial charge in [-0.25, -0.2) is 4.98 Å². The van der Waals surface area contributed by atoms with Crippen LogP contribution < -0.4 is 11.1 Å². The van der Waals surface area contributed by atoms with Crippen LogP contribution in [0.25, 0.3) is 16.6 Å². The molecule has 2 aromatic heterocycles. The Morgan fingerprint density at radius 1 is 1.24 bits per heavy atom. The standard InChI is InChI=1S/C28H34ClN5O2.C2H6/c1-18(2)23(13-12-19(3)27-26(29)22-15-21(30)16-31-28(22)33-27)32-24(35)17-34(4)25(36)14-20-10-8-6-5-7-9-11-20;1-2/h5-8,11-13,15-16,18H,9-10,14,17,30H2,1-4H3,(H,31,33)(H,32,35);1-2H3/b7-5-,8-6?,19-12+,20-11+,23-13+;. The molecule has 204 valence electrons. The first-order valence-electron chi connectivity index (χ1n) is 13.0. The number of nitrogens with one attached hydrogen (secondary N) is 2. The highest BCUT2D eigenvalue weighted by molar-refractivity contribution is 6.37. The first-order chi connectivity index (χ1) is 18.2. The molecule has 7 nitrogen and oxygen atoms in total. The maximum absolute atomic E-state index is 12.7. The van der Waals surface area contributed by atoms with Gasteiger partial charge in [-0.05, 0) is 43.4 Å². The van der Waals surface area contributed by atoms with Gasteiger partial charge in [-0.1, -0.05) is 81.3 Å². The predicted octanol–water partition coefficient (Wildman–Crippen LogP) is 6.57. The second-order valence-corrected chi connectivity index (χ2v) is 9.62. The van der Waals surface area contributed by atoms with Gasteiger partial charge in [-0.2, -0.15) is 0 Å². The van der Waals surface area contributed by atoms with Crippen molar-refractivity contribution in [2.75, 3.05) is 19.3 Å². The minimum atomic E-state index is -0.241. The van der Waals surface area contributed by atoms with Crippen LogP contribution >= 0.6 is 11.6 Å². The van der Waals surface area contributed by atoms with E-state index in [4.69, 9.17) is 17.3 Å². The number of carbonyl (C=O) groups excluding carboxylic acids is 2. The van der Waals surface area contributed by atoms with Crippen molar-refractivity contribution in [3.05, 3.63) is 76.8 Å². The van der Waals surface area contributed by atoms with Crippen LogP contribution in [0, 0.1) is 5.92 Å². The smallest absolute Gasteiger partial charge is 0.243 e. The van der Waals surface area contributed by atoms with Crippen LogP contribution in [-0.2, 0) is 9.59 Å². The molecule has 3 rings (SSSR count). The van der Waals surface area contributed by atoms with E-state index in [1.54, 1.807) is 19.3 Å². The van der Waals surface area contributed by atoms with Crippen LogP contribution in [0.1, 0.15) is 59.6 Å². The summed E-state index contributed by atoms with van der Waals surface area (Å²) in [6, 6.07) is 1.78. The van der Waals surface area contributed by atoms with E-state index in [-0.39, 0.29) is 24.3 Å². The lowest BCUT2D eigenvalue weighted by atomic mass is 10.0. The van der Waals surface area contributed by atoms with E-state index in [1.165, 1.54) is 4.90 Å². The largest absolute Gasteiger partial charge is 0.397 e. The Bertz CT molecular complexity index is 1280. The van der Waals surface area contributed by atoms with Crippen molar-refractivity contribution in [3.63, 3.8) is 0 Å². The molecule has 0 saturated carbocycles. The summed E-state index contributed by atoms with van der Waals surface area (Å²) in [5, 5.41) is 4.27. The highest BCUT2D eigenvalue weighted by atomic mass is 35.5. The topological polar surface area (TPSA) is 104 Å². The van der Waals surface area contributed by atoms with Crippen LogP contribution in [0.5, 0.6) is 0 Å². The van der Waals surface area contributed by atoms with Crippen molar-refractivity contribution in [2.45, 2.75) is 53.9 Å². The number of hydrogen-bond donors (Lipinski definition) is 3. The number of likely N-dealkylation sites (N-methyl/N-ethyl adjacent to an activating group) is 1. The summed E-state index contributed by atoms with van der Waals surface area (Å²) in [6.07, 6.45) is 17.3. The Morgan fingerprint density at radius 2 is 1.95 bits per heavy atom. The van der Waals surface area contributed by atoms with Gasteiger partial charge in [0, 0.05) is 24.6 Å². The molecule has 0 spiro atoms. The van der Waals surface area contributed by atoms with Crippen LogP contribution in [-0.4, -0.2) is 40.3 Å². The highest BCUT2D eigenvalue weighted by Gasteiger charge is 2.16. The monoisotopic (exact) mass is 537 g/mol. The number of anilines is 1. The SMILES string of the molecule is C/C(=C\C=C(\NC(=O)CN(C)C(=O)C/C1=C/C/C=C\C=CC1)C(C)C)c1[nH]c2ncc(N)cc2c1Cl.CC. The third-order valence-corrected chi connectivity index (χ3v) is 6.30. The number of fused-ring (bicyclic) bond motifs is 1. The van der Waals surface area contributed by atoms with E-state index in [9.17, 15) is 9.59 Å². The average molecular weight is 538 g/mol. The van der Waals surface area contributed by atoms with Gasteiger partial charge in [0.2, 0.25) is 11.8 Å². The number of allylic oxidation sites excluding steroid dienone is 9. The Morgan fingerprint density at radius 3 is 2.66 bits per heavy atom. The Hall–Kier alpha value is -3.58. The van der Waals surface area contributed by atoms with Crippen LogP contribution in [0.15, 0.2) is 66.1 Å². The third-order valence-electron chi connectivity index (χ3n) is 5.91. The zero-order valence-corrected chi connectivity index (χ0v) is 24.0. The summed E-state index contributed by atoms with van der Waals surface area (Å²) in [4.78, 5) is 34.4. The van der Waals surface area contributed by atoms with Crippen molar-refractivity contribution in [1.82, 2.24) is 20.2 Å². The van der Waals surface area contributed by atoms with Gasteiger partial charge < -0.3 is 20.9 Å². The molecule has 0 atom stereocenters. The Balaban J connectivity index is 0.00000247. The quantitative estimate of drug-likeness (QED) is 0.262. The normalized spacial score (nSPS) is 16.2. The van der Waals surface area contributed by atoms with E-state index in [2.05, 4.69) is 21.4 Å². The number of halogens is 1. The number of aromatic nitrogens is 2. The predicted molar refractivity (Wildman–Crippen MR) is 159 cm³/mol. The molecule has 1 aliphatic rings. The van der Waals surface area contributed by atoms with Crippen molar-refractivity contribution in [3.8, 4) is 0 Å². The number of amides is 2. The molecule has 0 radical (unpaired) electrons. The van der Waals surface area contributed by atoms with Crippen molar-refractivity contribution in [2.24, 2.45) is 5.92 Å². The summed E-state index contributed by atoms with van der Waals surface area (Å²) in [7, 11) is 1.66. The summed E-state index contributed by atoms with van der Waals surface area (Å²) in [6.45, 7) is 9.90. The molecule has 4 N–H and O–H groups in total. The van der Waals surface area contributed by atoms with E-state index in [0.29, 0.717) is 22.8 Å². The molecule has 2 amide bonds. The number of carbonyl (C=O) groups is 2. The lowest BCUT2D eigenvalue weighted by molar-refractivity contribution is -0.134. The molecule has 0 unspecified atom stereocenters. The van der Waals surface area contributed by atoms with Gasteiger partial charge in [-0.3, -0.25) is 9.59 Å². The van der Waals surface area contributed by atoms with Gasteiger partial charge in [0.05, 0.1) is 29.1 Å². The summed E-state index contributed by atoms with van der Waals surface area (Å²) >= 11 is 6.55. The van der Waals surface area contributed by atoms with Gasteiger partial charge in [0.15, 0.2) is 0 Å². The number of rotatable bonds is 8. The minimum absolute atomic E-state index is 0.0183. The number of pyridine rings is 1. The number of H-pyrrole nitrogens is 1. The Labute approximate surface area is 231 Å². The van der Waals surface area contributed by atoms with E-state index in [1.807, 2.05) is 71.1 Å². The molecule has 0 aromatic carbocycles. The van der Waals surface area contributed by atoms with Crippen LogP contribution in [0.4, 0.5) is 5.69 Å². The molecule has 1 aliphatic carbocycles. The maximum atomic E-state index is 12.7. The molecule has 0 bridgehead atoms. The lowest BCUT2D eigenvalue weighted by Crippen LogP contribution is -2.38. The van der Waals surface area contributed by atoms with E-state index in [0.717, 1.165) is 40.8 Å². The molecular weight excluding hydrogens is 498 g/mol. The van der Waals surface area contributed by atoms with E-state index < -0.39 is 0 Å². The van der Waals surface area contributed by atoms with Gasteiger partial charge in [0.25, 0.3) is 0 Å². The van der Waals surface area contributed by atoms with Crippen LogP contribution in [0.3, 0.4) is 0 Å². The fraction of sp³-hybridized carbons (Fsp3) is 0.367. The van der Waals surface area contributed by atoms with E-state index >= 15 is 0 Å². The maximum Gasteiger partial charge on any atom is 0.243 e. The molecule has 2 aromatic rings.